The maximum absolute atomic E-state index is 13.7. The predicted octanol–water partition coefficient (Wildman–Crippen LogP) is 2.90. The van der Waals surface area contributed by atoms with Crippen LogP contribution >= 0.6 is 15.9 Å². The molecule has 1 aromatic carbocycles. The smallest absolute Gasteiger partial charge is 0.138 e. The Hall–Kier alpha value is -0.610. The molecule has 88 valence electrons. The molecule has 2 N–H and O–H groups in total. The van der Waals surface area contributed by atoms with Crippen LogP contribution in [0.3, 0.4) is 0 Å². The third-order valence-electron chi connectivity index (χ3n) is 3.34. The fourth-order valence-corrected chi connectivity index (χ4v) is 2.89. The average molecular weight is 288 g/mol. The van der Waals surface area contributed by atoms with Crippen molar-refractivity contribution in [2.75, 3.05) is 13.7 Å². The molecule has 0 amide bonds. The summed E-state index contributed by atoms with van der Waals surface area (Å²) in [5.41, 5.74) is 7.42. The van der Waals surface area contributed by atoms with Crippen molar-refractivity contribution in [3.8, 4) is 5.75 Å². The Balaban J connectivity index is 2.66. The van der Waals surface area contributed by atoms with Gasteiger partial charge < -0.3 is 10.5 Å². The van der Waals surface area contributed by atoms with Gasteiger partial charge in [0.25, 0.3) is 0 Å². The van der Waals surface area contributed by atoms with E-state index in [0.29, 0.717) is 11.0 Å². The summed E-state index contributed by atoms with van der Waals surface area (Å²) in [6.07, 6.45) is 2.00. The van der Waals surface area contributed by atoms with Crippen molar-refractivity contribution >= 4 is 15.9 Å². The molecule has 0 bridgehead atoms. The maximum Gasteiger partial charge on any atom is 0.138 e. The average Bonchev–Trinajstić information content (AvgIpc) is 3.03. The first-order valence-electron chi connectivity index (χ1n) is 5.29. The molecule has 1 saturated carbocycles. The Bertz CT molecular complexity index is 430. The summed E-state index contributed by atoms with van der Waals surface area (Å²) in [6.45, 7) is 2.38. The molecule has 2 rings (SSSR count). The maximum atomic E-state index is 13.7. The number of ether oxygens (including phenoxy) is 1. The van der Waals surface area contributed by atoms with Crippen LogP contribution in [0.1, 0.15) is 24.0 Å². The minimum atomic E-state index is -0.243. The number of halogens is 2. The minimum absolute atomic E-state index is 0.0863. The molecule has 4 heteroatoms. The molecule has 0 aliphatic heterocycles. The summed E-state index contributed by atoms with van der Waals surface area (Å²) in [6, 6.07) is 1.49. The Labute approximate surface area is 103 Å². The largest absolute Gasteiger partial charge is 0.496 e. The summed E-state index contributed by atoms with van der Waals surface area (Å²) in [7, 11) is 1.61. The van der Waals surface area contributed by atoms with Crippen LogP contribution in [0, 0.1) is 12.7 Å². The molecule has 0 heterocycles. The second-order valence-electron chi connectivity index (χ2n) is 4.38. The van der Waals surface area contributed by atoms with Gasteiger partial charge in [-0.05, 0) is 47.3 Å². The van der Waals surface area contributed by atoms with E-state index in [-0.39, 0.29) is 11.2 Å². The van der Waals surface area contributed by atoms with Gasteiger partial charge in [0.15, 0.2) is 0 Å². The molecule has 1 aliphatic rings. The van der Waals surface area contributed by atoms with Gasteiger partial charge in [-0.25, -0.2) is 4.39 Å². The van der Waals surface area contributed by atoms with Gasteiger partial charge >= 0.3 is 0 Å². The zero-order valence-corrected chi connectivity index (χ0v) is 11.0. The summed E-state index contributed by atoms with van der Waals surface area (Å²) < 4.78 is 19.6. The summed E-state index contributed by atoms with van der Waals surface area (Å²) in [5, 5.41) is 0. The third kappa shape index (κ3) is 1.64. The van der Waals surface area contributed by atoms with E-state index >= 15 is 0 Å². The van der Waals surface area contributed by atoms with Crippen LogP contribution in [-0.4, -0.2) is 13.7 Å². The second-order valence-corrected chi connectivity index (χ2v) is 5.17. The highest BCUT2D eigenvalue weighted by atomic mass is 79.9. The van der Waals surface area contributed by atoms with E-state index in [4.69, 9.17) is 10.5 Å². The van der Waals surface area contributed by atoms with Gasteiger partial charge in [-0.3, -0.25) is 0 Å². The van der Waals surface area contributed by atoms with E-state index in [1.165, 1.54) is 6.07 Å². The summed E-state index contributed by atoms with van der Waals surface area (Å²) >= 11 is 3.31. The van der Waals surface area contributed by atoms with E-state index in [1.807, 2.05) is 6.92 Å². The van der Waals surface area contributed by atoms with Crippen molar-refractivity contribution in [1.82, 2.24) is 0 Å². The van der Waals surface area contributed by atoms with Gasteiger partial charge in [0, 0.05) is 17.5 Å². The Morgan fingerprint density at radius 2 is 2.19 bits per heavy atom. The fraction of sp³-hybridized carbons (Fsp3) is 0.500. The van der Waals surface area contributed by atoms with Crippen LogP contribution in [-0.2, 0) is 5.41 Å². The van der Waals surface area contributed by atoms with Crippen LogP contribution in [0.25, 0.3) is 0 Å². The number of hydrogen-bond donors (Lipinski definition) is 1. The molecule has 0 aromatic heterocycles. The number of methoxy groups -OCH3 is 1. The highest BCUT2D eigenvalue weighted by Gasteiger charge is 2.47. The van der Waals surface area contributed by atoms with Gasteiger partial charge in [0.1, 0.15) is 11.6 Å². The topological polar surface area (TPSA) is 35.2 Å². The van der Waals surface area contributed by atoms with Crippen LogP contribution in [0.4, 0.5) is 4.39 Å². The molecule has 0 saturated heterocycles. The molecule has 0 radical (unpaired) electrons. The number of nitrogens with two attached hydrogens (primary N) is 1. The number of rotatable bonds is 3. The van der Waals surface area contributed by atoms with Crippen LogP contribution < -0.4 is 10.5 Å². The summed E-state index contributed by atoms with van der Waals surface area (Å²) in [5.74, 6) is 0.518. The molecule has 1 aromatic rings. The molecule has 1 aliphatic carbocycles. The van der Waals surface area contributed by atoms with E-state index in [0.717, 1.165) is 29.7 Å². The SMILES string of the molecule is COc1c(C)cc(F)c(Br)c1C1(CN)CC1. The van der Waals surface area contributed by atoms with E-state index in [1.54, 1.807) is 7.11 Å². The Kier molecular flexibility index (Phi) is 2.97. The number of benzene rings is 1. The van der Waals surface area contributed by atoms with Gasteiger partial charge in [-0.15, -0.1) is 0 Å². The standard InChI is InChI=1S/C12H15BrFNO/c1-7-5-8(14)10(13)9(11(7)16-2)12(6-15)3-4-12/h5H,3-4,6,15H2,1-2H3. The normalized spacial score (nSPS) is 17.3. The molecular weight excluding hydrogens is 273 g/mol. The lowest BCUT2D eigenvalue weighted by Gasteiger charge is -2.21. The van der Waals surface area contributed by atoms with Crippen molar-refractivity contribution in [2.24, 2.45) is 5.73 Å². The first-order valence-corrected chi connectivity index (χ1v) is 6.08. The van der Waals surface area contributed by atoms with E-state index in [9.17, 15) is 4.39 Å². The quantitative estimate of drug-likeness (QED) is 0.928. The monoisotopic (exact) mass is 287 g/mol. The van der Waals surface area contributed by atoms with Gasteiger partial charge in [-0.1, -0.05) is 0 Å². The van der Waals surface area contributed by atoms with Gasteiger partial charge in [0.2, 0.25) is 0 Å². The Morgan fingerprint density at radius 1 is 1.56 bits per heavy atom. The van der Waals surface area contributed by atoms with Crippen molar-refractivity contribution in [3.63, 3.8) is 0 Å². The van der Waals surface area contributed by atoms with Crippen molar-refractivity contribution < 1.29 is 9.13 Å². The molecular formula is C12H15BrFNO. The fourth-order valence-electron chi connectivity index (χ4n) is 2.18. The highest BCUT2D eigenvalue weighted by Crippen LogP contribution is 2.54. The predicted molar refractivity (Wildman–Crippen MR) is 65.4 cm³/mol. The Morgan fingerprint density at radius 3 is 2.62 bits per heavy atom. The number of aryl methyl sites for hydroxylation is 1. The second kappa shape index (κ2) is 4.00. The van der Waals surface area contributed by atoms with Crippen LogP contribution in [0.15, 0.2) is 10.5 Å². The van der Waals surface area contributed by atoms with Crippen molar-refractivity contribution in [1.29, 1.82) is 0 Å². The van der Waals surface area contributed by atoms with Crippen LogP contribution in [0.2, 0.25) is 0 Å². The van der Waals surface area contributed by atoms with E-state index < -0.39 is 0 Å². The lowest BCUT2D eigenvalue weighted by Crippen LogP contribution is -2.22. The lowest BCUT2D eigenvalue weighted by atomic mass is 9.93. The highest BCUT2D eigenvalue weighted by molar-refractivity contribution is 9.10. The zero-order valence-electron chi connectivity index (χ0n) is 9.44. The molecule has 0 atom stereocenters. The molecule has 16 heavy (non-hydrogen) atoms. The van der Waals surface area contributed by atoms with Gasteiger partial charge in [-0.2, -0.15) is 0 Å². The lowest BCUT2D eigenvalue weighted by molar-refractivity contribution is 0.398. The number of hydrogen-bond acceptors (Lipinski definition) is 2. The molecule has 2 nitrogen and oxygen atoms in total. The third-order valence-corrected chi connectivity index (χ3v) is 4.11. The van der Waals surface area contributed by atoms with Crippen molar-refractivity contribution in [3.05, 3.63) is 27.5 Å². The zero-order chi connectivity index (χ0) is 11.9. The molecule has 0 spiro atoms. The summed E-state index contributed by atoms with van der Waals surface area (Å²) in [4.78, 5) is 0. The van der Waals surface area contributed by atoms with Gasteiger partial charge in [0.05, 0.1) is 11.6 Å². The van der Waals surface area contributed by atoms with Crippen LogP contribution in [0.5, 0.6) is 5.75 Å². The first kappa shape index (κ1) is 11.9. The first-order chi connectivity index (χ1) is 7.55. The molecule has 1 fully saturated rings. The molecule has 0 unspecified atom stereocenters. The minimum Gasteiger partial charge on any atom is -0.496 e. The van der Waals surface area contributed by atoms with Crippen molar-refractivity contribution in [2.45, 2.75) is 25.2 Å². The van der Waals surface area contributed by atoms with E-state index in [2.05, 4.69) is 15.9 Å².